The van der Waals surface area contributed by atoms with Crippen LogP contribution in [0.2, 0.25) is 0 Å². The van der Waals surface area contributed by atoms with Crippen molar-refractivity contribution in [1.29, 1.82) is 0 Å². The maximum absolute atomic E-state index is 13.5. The molecule has 3 nitrogen and oxygen atoms in total. The van der Waals surface area contributed by atoms with Gasteiger partial charge >= 0.3 is 0 Å². The second-order valence-electron chi connectivity index (χ2n) is 5.06. The summed E-state index contributed by atoms with van der Waals surface area (Å²) in [5.74, 6) is 0.514. The number of anilines is 1. The smallest absolute Gasteiger partial charge is 0.171 e. The third-order valence-corrected chi connectivity index (χ3v) is 3.30. The molecule has 0 aromatic heterocycles. The molecule has 0 unspecified atom stereocenters. The highest BCUT2D eigenvalue weighted by Gasteiger charge is 2.08. The van der Waals surface area contributed by atoms with Gasteiger partial charge in [-0.2, -0.15) is 0 Å². The van der Waals surface area contributed by atoms with Gasteiger partial charge in [-0.25, -0.2) is 4.39 Å². The Bertz CT molecular complexity index is 648. The largest absolute Gasteiger partial charge is 0.491 e. The number of para-hydroxylation sites is 2. The molecule has 0 amide bonds. The first kappa shape index (κ1) is 16.2. The minimum absolute atomic E-state index is 0.00798. The van der Waals surface area contributed by atoms with Crippen molar-refractivity contribution in [3.63, 3.8) is 0 Å². The Labute approximate surface area is 135 Å². The van der Waals surface area contributed by atoms with Crippen molar-refractivity contribution in [2.75, 3.05) is 11.9 Å². The zero-order valence-electron chi connectivity index (χ0n) is 12.6. The summed E-state index contributed by atoms with van der Waals surface area (Å²) in [7, 11) is 0. The van der Waals surface area contributed by atoms with E-state index in [1.165, 1.54) is 6.07 Å². The maximum atomic E-state index is 13.5. The average Bonchev–Trinajstić information content (AvgIpc) is 2.49. The van der Waals surface area contributed by atoms with Gasteiger partial charge in [-0.1, -0.05) is 30.3 Å². The third-order valence-electron chi connectivity index (χ3n) is 3.08. The second-order valence-corrected chi connectivity index (χ2v) is 5.46. The molecule has 22 heavy (non-hydrogen) atoms. The molecule has 2 N–H and O–H groups in total. The van der Waals surface area contributed by atoms with E-state index in [1.807, 2.05) is 38.1 Å². The van der Waals surface area contributed by atoms with Crippen LogP contribution in [0.25, 0.3) is 0 Å². The molecule has 0 saturated heterocycles. The molecule has 0 aliphatic heterocycles. The first-order valence-corrected chi connectivity index (χ1v) is 7.47. The summed E-state index contributed by atoms with van der Waals surface area (Å²) in [6.07, 6.45) is 0. The molecule has 5 heteroatoms. The monoisotopic (exact) mass is 318 g/mol. The van der Waals surface area contributed by atoms with Gasteiger partial charge in [0.05, 0.1) is 11.7 Å². The summed E-state index contributed by atoms with van der Waals surface area (Å²) in [5, 5.41) is 6.28. The lowest BCUT2D eigenvalue weighted by molar-refractivity contribution is 0.285. The number of rotatable bonds is 5. The minimum Gasteiger partial charge on any atom is -0.491 e. The summed E-state index contributed by atoms with van der Waals surface area (Å²) < 4.78 is 19.3. The number of nitrogens with one attached hydrogen (secondary N) is 2. The minimum atomic E-state index is -0.338. The molecular weight excluding hydrogens is 299 g/mol. The molecular formula is C17H19FN2OS. The topological polar surface area (TPSA) is 33.3 Å². The fourth-order valence-corrected chi connectivity index (χ4v) is 2.23. The molecule has 0 aliphatic rings. The SMILES string of the molecule is Cc1ccccc1OC[C@@H](C)NC(=S)Nc1ccccc1F. The zero-order chi connectivity index (χ0) is 15.9. The van der Waals surface area contributed by atoms with Crippen molar-refractivity contribution < 1.29 is 9.13 Å². The molecule has 0 fully saturated rings. The van der Waals surface area contributed by atoms with E-state index in [0.29, 0.717) is 17.4 Å². The lowest BCUT2D eigenvalue weighted by Gasteiger charge is -2.18. The summed E-state index contributed by atoms with van der Waals surface area (Å²) in [4.78, 5) is 0. The van der Waals surface area contributed by atoms with Gasteiger partial charge in [0.1, 0.15) is 18.2 Å². The van der Waals surface area contributed by atoms with Crippen LogP contribution in [0.4, 0.5) is 10.1 Å². The van der Waals surface area contributed by atoms with E-state index >= 15 is 0 Å². The number of thiocarbonyl (C=S) groups is 1. The maximum Gasteiger partial charge on any atom is 0.171 e. The van der Waals surface area contributed by atoms with Crippen molar-refractivity contribution in [3.8, 4) is 5.75 Å². The molecule has 0 heterocycles. The second kappa shape index (κ2) is 7.75. The Morgan fingerprint density at radius 3 is 2.59 bits per heavy atom. The molecule has 0 bridgehead atoms. The Morgan fingerprint density at radius 2 is 1.86 bits per heavy atom. The normalized spacial score (nSPS) is 11.6. The molecule has 116 valence electrons. The van der Waals surface area contributed by atoms with E-state index in [0.717, 1.165) is 11.3 Å². The van der Waals surface area contributed by atoms with Crippen LogP contribution in [0.5, 0.6) is 5.75 Å². The van der Waals surface area contributed by atoms with Crippen molar-refractivity contribution in [2.24, 2.45) is 0 Å². The number of halogens is 1. The first-order chi connectivity index (χ1) is 10.6. The van der Waals surface area contributed by atoms with Gasteiger partial charge in [-0.05, 0) is 49.8 Å². The Balaban J connectivity index is 1.82. The van der Waals surface area contributed by atoms with Gasteiger partial charge in [-0.15, -0.1) is 0 Å². The van der Waals surface area contributed by atoms with E-state index in [2.05, 4.69) is 10.6 Å². The van der Waals surface area contributed by atoms with Crippen LogP contribution in [-0.4, -0.2) is 17.8 Å². The van der Waals surface area contributed by atoms with Gasteiger partial charge in [0.25, 0.3) is 0 Å². The van der Waals surface area contributed by atoms with E-state index in [1.54, 1.807) is 18.2 Å². The lowest BCUT2D eigenvalue weighted by atomic mass is 10.2. The Hall–Kier alpha value is -2.14. The van der Waals surface area contributed by atoms with Crippen LogP contribution in [0, 0.1) is 12.7 Å². The van der Waals surface area contributed by atoms with Gasteiger partial charge in [0.2, 0.25) is 0 Å². The Morgan fingerprint density at radius 1 is 1.18 bits per heavy atom. The van der Waals surface area contributed by atoms with Crippen LogP contribution < -0.4 is 15.4 Å². The highest BCUT2D eigenvalue weighted by atomic mass is 32.1. The van der Waals surface area contributed by atoms with Crippen molar-refractivity contribution >= 4 is 23.0 Å². The highest BCUT2D eigenvalue weighted by molar-refractivity contribution is 7.80. The molecule has 0 radical (unpaired) electrons. The van der Waals surface area contributed by atoms with Crippen LogP contribution >= 0.6 is 12.2 Å². The molecule has 2 rings (SSSR count). The fraction of sp³-hybridized carbons (Fsp3) is 0.235. The van der Waals surface area contributed by atoms with Gasteiger partial charge in [-0.3, -0.25) is 0 Å². The van der Waals surface area contributed by atoms with Gasteiger partial charge in [0.15, 0.2) is 5.11 Å². The summed E-state index contributed by atoms with van der Waals surface area (Å²) in [6, 6.07) is 14.2. The highest BCUT2D eigenvalue weighted by Crippen LogP contribution is 2.16. The number of aryl methyl sites for hydroxylation is 1. The molecule has 1 atom stereocenters. The van der Waals surface area contributed by atoms with Crippen LogP contribution in [0.1, 0.15) is 12.5 Å². The number of ether oxygens (including phenoxy) is 1. The van der Waals surface area contributed by atoms with Gasteiger partial charge in [0, 0.05) is 0 Å². The van der Waals surface area contributed by atoms with Crippen LogP contribution in [0.15, 0.2) is 48.5 Å². The quantitative estimate of drug-likeness (QED) is 0.820. The summed E-state index contributed by atoms with van der Waals surface area (Å²) in [5.41, 5.74) is 1.44. The molecule has 2 aromatic rings. The average molecular weight is 318 g/mol. The fourth-order valence-electron chi connectivity index (χ4n) is 1.92. The molecule has 2 aromatic carbocycles. The zero-order valence-corrected chi connectivity index (χ0v) is 13.4. The summed E-state index contributed by atoms with van der Waals surface area (Å²) >= 11 is 5.18. The van der Waals surface area contributed by atoms with Crippen molar-refractivity contribution in [3.05, 3.63) is 59.9 Å². The van der Waals surface area contributed by atoms with E-state index < -0.39 is 0 Å². The molecule has 0 spiro atoms. The van der Waals surface area contributed by atoms with Crippen LogP contribution in [0.3, 0.4) is 0 Å². The van der Waals surface area contributed by atoms with Gasteiger partial charge < -0.3 is 15.4 Å². The van der Waals surface area contributed by atoms with E-state index in [-0.39, 0.29) is 11.9 Å². The van der Waals surface area contributed by atoms with E-state index in [4.69, 9.17) is 17.0 Å². The first-order valence-electron chi connectivity index (χ1n) is 7.06. The van der Waals surface area contributed by atoms with Crippen molar-refractivity contribution in [1.82, 2.24) is 5.32 Å². The lowest BCUT2D eigenvalue weighted by Crippen LogP contribution is -2.39. The number of benzene rings is 2. The van der Waals surface area contributed by atoms with Crippen LogP contribution in [-0.2, 0) is 0 Å². The number of hydrogen-bond donors (Lipinski definition) is 2. The predicted molar refractivity (Wildman–Crippen MR) is 91.9 cm³/mol. The predicted octanol–water partition coefficient (Wildman–Crippen LogP) is 3.89. The number of hydrogen-bond acceptors (Lipinski definition) is 2. The van der Waals surface area contributed by atoms with Crippen molar-refractivity contribution in [2.45, 2.75) is 19.9 Å². The standard InChI is InChI=1S/C17H19FN2OS/c1-12-7-3-6-10-16(12)21-11-13(2)19-17(22)20-15-9-5-4-8-14(15)18/h3-10,13H,11H2,1-2H3,(H2,19,20,22)/t13-/m1/s1. The summed E-state index contributed by atoms with van der Waals surface area (Å²) in [6.45, 7) is 4.41. The molecule has 0 aliphatic carbocycles. The molecule has 0 saturated carbocycles. The van der Waals surface area contributed by atoms with E-state index in [9.17, 15) is 4.39 Å². The third kappa shape index (κ3) is 4.70. The Kier molecular flexibility index (Phi) is 5.72.